The minimum atomic E-state index is -4.65. The van der Waals surface area contributed by atoms with E-state index in [2.05, 4.69) is 0 Å². The summed E-state index contributed by atoms with van der Waals surface area (Å²) in [6.07, 6.45) is -13.0. The van der Waals surface area contributed by atoms with Crippen molar-refractivity contribution >= 4 is 56.9 Å². The van der Waals surface area contributed by atoms with Crippen LogP contribution in [0.2, 0.25) is 10.0 Å². The number of carboxylic acid groups (broad SMARTS) is 2. The van der Waals surface area contributed by atoms with Gasteiger partial charge in [0.2, 0.25) is 12.2 Å². The number of fused-ring (bicyclic) bond motifs is 6. The molecule has 352 valence electrons. The van der Waals surface area contributed by atoms with Crippen molar-refractivity contribution in [1.82, 2.24) is 9.13 Å². The summed E-state index contributed by atoms with van der Waals surface area (Å²) in [6, 6.07) is 20.4. The number of benzene rings is 4. The summed E-state index contributed by atoms with van der Waals surface area (Å²) in [7, 11) is 0. The van der Waals surface area contributed by atoms with Gasteiger partial charge in [0.1, 0.15) is 23.0 Å². The average Bonchev–Trinajstić information content (AvgIpc) is 3.97. The largest absolute Gasteiger partial charge is 2.00 e. The van der Waals surface area contributed by atoms with E-state index in [0.29, 0.717) is 69.6 Å². The summed E-state index contributed by atoms with van der Waals surface area (Å²) in [6.45, 7) is 8.47. The first-order valence-corrected chi connectivity index (χ1v) is 21.9. The fourth-order valence-electron chi connectivity index (χ4n) is 8.60. The van der Waals surface area contributed by atoms with E-state index in [9.17, 15) is 46.1 Å². The maximum absolute atomic E-state index is 13.9. The van der Waals surface area contributed by atoms with Gasteiger partial charge in [0.05, 0.1) is 33.3 Å². The average molecular weight is 1030 g/mol. The van der Waals surface area contributed by atoms with Gasteiger partial charge in [-0.2, -0.15) is 26.3 Å². The van der Waals surface area contributed by atoms with Crippen LogP contribution >= 0.6 is 23.2 Å². The zero-order valence-corrected chi connectivity index (χ0v) is 41.2. The molecule has 0 bridgehead atoms. The number of nitrogens with zero attached hydrogens (tertiary/aromatic N) is 2. The molecule has 4 atom stereocenters. The molecule has 67 heavy (non-hydrogen) atoms. The molecule has 2 aromatic heterocycles. The van der Waals surface area contributed by atoms with Gasteiger partial charge in [0.15, 0.2) is 0 Å². The van der Waals surface area contributed by atoms with Crippen LogP contribution in [0.25, 0.3) is 21.8 Å². The number of alkyl halides is 6. The molecule has 6 aromatic rings. The van der Waals surface area contributed by atoms with Gasteiger partial charge in [-0.3, -0.25) is 0 Å². The summed E-state index contributed by atoms with van der Waals surface area (Å²) in [5.41, 5.74) is 2.67. The molecular formula is C48H44Cl2F6N2O8Zn. The third-order valence-electron chi connectivity index (χ3n) is 11.2. The van der Waals surface area contributed by atoms with Crippen LogP contribution in [0.4, 0.5) is 26.3 Å². The second-order valence-electron chi connectivity index (χ2n) is 16.7. The van der Waals surface area contributed by atoms with Gasteiger partial charge < -0.3 is 47.9 Å². The summed E-state index contributed by atoms with van der Waals surface area (Å²) in [4.78, 5) is 22.1. The standard InChI is InChI=1S/2C24H23ClF3NO4.Zn/c2*1-13(2)32-16-5-3-14(4-6-16)23(24(26,27)28)33-17-7-8-19-18(12-17)21(25)22-15(11-20(30)31)9-10-29(19)22;/h2*3-8,12-13,15,23H,9-11H2,1-2H3,(H,30,31);/q;;+2/p-2/t2*15-,23?;/m11./s1. The van der Waals surface area contributed by atoms with Crippen molar-refractivity contribution in [3.05, 3.63) is 117 Å². The Hall–Kier alpha value is -5.12. The Morgan fingerprint density at radius 3 is 1.21 bits per heavy atom. The minimum absolute atomic E-state index is 0. The first kappa shape index (κ1) is 51.3. The number of ether oxygens (including phenoxy) is 4. The number of halogens is 8. The molecule has 19 heteroatoms. The number of aromatic nitrogens is 2. The van der Waals surface area contributed by atoms with Crippen molar-refractivity contribution in [2.24, 2.45) is 0 Å². The van der Waals surface area contributed by atoms with Gasteiger partial charge in [-0.1, -0.05) is 47.5 Å². The monoisotopic (exact) mass is 1020 g/mol. The maximum atomic E-state index is 13.9. The molecule has 0 spiro atoms. The van der Waals surface area contributed by atoms with Crippen LogP contribution in [0.5, 0.6) is 23.0 Å². The van der Waals surface area contributed by atoms with E-state index in [-0.39, 0.29) is 79.0 Å². The smallest absolute Gasteiger partial charge is 0.550 e. The number of rotatable bonds is 14. The topological polar surface area (TPSA) is 127 Å². The zero-order chi connectivity index (χ0) is 47.8. The molecule has 0 amide bonds. The first-order chi connectivity index (χ1) is 31.1. The fraction of sp³-hybridized carbons (Fsp3) is 0.375. The Balaban J connectivity index is 0.000000218. The maximum Gasteiger partial charge on any atom is 2.00 e. The number of carboxylic acids is 2. The second kappa shape index (κ2) is 20.6. The van der Waals surface area contributed by atoms with Gasteiger partial charge in [-0.25, -0.2) is 0 Å². The Morgan fingerprint density at radius 1 is 0.582 bits per heavy atom. The van der Waals surface area contributed by atoms with Gasteiger partial charge in [-0.05, 0) is 114 Å². The van der Waals surface area contributed by atoms with E-state index < -0.39 is 36.5 Å². The van der Waals surface area contributed by atoms with Crippen molar-refractivity contribution < 1.29 is 84.6 Å². The first-order valence-electron chi connectivity index (χ1n) is 21.1. The molecule has 0 saturated carbocycles. The number of carbonyl (C=O) groups is 2. The minimum Gasteiger partial charge on any atom is -0.550 e. The number of aliphatic carboxylic acids is 2. The Bertz CT molecular complexity index is 2540. The van der Waals surface area contributed by atoms with Crippen LogP contribution in [0.3, 0.4) is 0 Å². The van der Waals surface area contributed by atoms with Gasteiger partial charge in [0.25, 0.3) is 0 Å². The fourth-order valence-corrected chi connectivity index (χ4v) is 9.42. The summed E-state index contributed by atoms with van der Waals surface area (Å²) < 4.78 is 109. The quantitative estimate of drug-likeness (QED) is 0.0780. The van der Waals surface area contributed by atoms with E-state index in [4.69, 9.17) is 42.1 Å². The Labute approximate surface area is 404 Å². The Kier molecular flexibility index (Phi) is 15.8. The van der Waals surface area contributed by atoms with Crippen LogP contribution in [0, 0.1) is 0 Å². The number of carbonyl (C=O) groups excluding carboxylic acids is 2. The van der Waals surface area contributed by atoms with Crippen molar-refractivity contribution in [2.75, 3.05) is 0 Å². The molecule has 2 aliphatic heterocycles. The number of hydrogen-bond acceptors (Lipinski definition) is 8. The van der Waals surface area contributed by atoms with E-state index in [1.165, 1.54) is 72.8 Å². The normalized spacial score (nSPS) is 16.5. The Morgan fingerprint density at radius 2 is 0.910 bits per heavy atom. The molecule has 0 radical (unpaired) electrons. The van der Waals surface area contributed by atoms with Crippen LogP contribution in [0.15, 0.2) is 84.9 Å². The summed E-state index contributed by atoms with van der Waals surface area (Å²) in [5.74, 6) is -1.98. The molecular weight excluding hydrogens is 983 g/mol. The number of hydrogen-bond donors (Lipinski definition) is 0. The molecule has 0 fully saturated rings. The summed E-state index contributed by atoms with van der Waals surface area (Å²) in [5, 5.41) is 23.8. The van der Waals surface area contributed by atoms with Crippen LogP contribution < -0.4 is 29.2 Å². The van der Waals surface area contributed by atoms with E-state index in [0.717, 1.165) is 11.0 Å². The van der Waals surface area contributed by atoms with Crippen LogP contribution in [0.1, 0.15) is 99.9 Å². The zero-order valence-electron chi connectivity index (χ0n) is 36.7. The SMILES string of the molecule is CC(C)Oc1ccc(C(Oc2ccc3c(c2)c(Cl)c2n3CC[C@@H]2CC(=O)[O-])C(F)(F)F)cc1.CC(C)Oc1ccc(C(Oc2ccc3c(c2)c(Cl)c2n3CC[C@@H]2CC(=O)[O-])C(F)(F)F)cc1.[Zn+2]. The van der Waals surface area contributed by atoms with Crippen LogP contribution in [-0.2, 0) is 42.2 Å². The molecule has 4 aromatic carbocycles. The second-order valence-corrected chi connectivity index (χ2v) is 17.5. The molecule has 10 nitrogen and oxygen atoms in total. The van der Waals surface area contributed by atoms with Crippen molar-refractivity contribution in [2.45, 2.75) is 115 Å². The molecule has 2 unspecified atom stereocenters. The molecule has 8 rings (SSSR count). The molecule has 2 aliphatic rings. The molecule has 0 aliphatic carbocycles. The number of aryl methyl sites for hydroxylation is 2. The third kappa shape index (κ3) is 11.6. The predicted molar refractivity (Wildman–Crippen MR) is 231 cm³/mol. The third-order valence-corrected chi connectivity index (χ3v) is 12.0. The molecule has 4 heterocycles. The van der Waals surface area contributed by atoms with E-state index in [1.807, 2.05) is 36.8 Å². The molecule has 0 N–H and O–H groups in total. The van der Waals surface area contributed by atoms with E-state index >= 15 is 0 Å². The van der Waals surface area contributed by atoms with Crippen LogP contribution in [-0.4, -0.2) is 45.6 Å². The van der Waals surface area contributed by atoms with Gasteiger partial charge >= 0.3 is 31.8 Å². The van der Waals surface area contributed by atoms with Crippen molar-refractivity contribution in [3.63, 3.8) is 0 Å². The summed E-state index contributed by atoms with van der Waals surface area (Å²) >= 11 is 13.1. The van der Waals surface area contributed by atoms with Gasteiger partial charge in [0, 0.05) is 70.2 Å². The van der Waals surface area contributed by atoms with Crippen molar-refractivity contribution in [1.29, 1.82) is 0 Å². The van der Waals surface area contributed by atoms with Crippen molar-refractivity contribution in [3.8, 4) is 23.0 Å². The predicted octanol–water partition coefficient (Wildman–Crippen LogP) is 10.8. The van der Waals surface area contributed by atoms with E-state index in [1.54, 1.807) is 12.1 Å². The molecule has 0 saturated heterocycles. The van der Waals surface area contributed by atoms with Gasteiger partial charge in [-0.15, -0.1) is 0 Å².